The van der Waals surface area contributed by atoms with Gasteiger partial charge in [0, 0.05) is 49.7 Å². The van der Waals surface area contributed by atoms with E-state index < -0.39 is 0 Å². The van der Waals surface area contributed by atoms with Crippen molar-refractivity contribution < 1.29 is 0 Å². The number of nitrogens with zero attached hydrogens (tertiary/aromatic N) is 3. The Morgan fingerprint density at radius 3 is 2.57 bits per heavy atom. The third-order valence-corrected chi connectivity index (χ3v) is 5.72. The van der Waals surface area contributed by atoms with Crippen LogP contribution in [0.1, 0.15) is 31.2 Å². The number of benzene rings is 1. The van der Waals surface area contributed by atoms with E-state index in [2.05, 4.69) is 33.0 Å². The molecule has 23 heavy (non-hydrogen) atoms. The zero-order chi connectivity index (χ0) is 15.6. The van der Waals surface area contributed by atoms with E-state index >= 15 is 0 Å². The molecule has 2 aliphatic rings. The molecule has 1 saturated heterocycles. The summed E-state index contributed by atoms with van der Waals surface area (Å²) in [7, 11) is 0. The lowest BCUT2D eigenvalue weighted by molar-refractivity contribution is 0.0937. The van der Waals surface area contributed by atoms with Crippen molar-refractivity contribution in [1.82, 2.24) is 14.8 Å². The Balaban J connectivity index is 1.42. The Bertz CT molecular complexity index is 673. The molecular formula is C19H24ClN3. The highest BCUT2D eigenvalue weighted by Gasteiger charge is 2.26. The summed E-state index contributed by atoms with van der Waals surface area (Å²) < 4.78 is 0. The van der Waals surface area contributed by atoms with Crippen molar-refractivity contribution in [3.8, 4) is 0 Å². The first-order valence-electron chi connectivity index (χ1n) is 8.80. The van der Waals surface area contributed by atoms with Crippen LogP contribution in [0.2, 0.25) is 5.15 Å². The Kier molecular flexibility index (Phi) is 4.52. The van der Waals surface area contributed by atoms with Gasteiger partial charge in [0.25, 0.3) is 0 Å². The number of piperazine rings is 1. The van der Waals surface area contributed by atoms with Crippen LogP contribution >= 0.6 is 11.6 Å². The molecule has 1 aromatic heterocycles. The summed E-state index contributed by atoms with van der Waals surface area (Å²) in [5.41, 5.74) is 2.13. The minimum absolute atomic E-state index is 0.655. The summed E-state index contributed by atoms with van der Waals surface area (Å²) >= 11 is 6.41. The standard InChI is InChI=1S/C19H24ClN3/c20-19-16(13-15-5-1-4-8-18(15)21-19)14-22-9-11-23(12-10-22)17-6-2-3-7-17/h1,4-5,8,13,17H,2-3,6-7,9-12,14H2. The van der Waals surface area contributed by atoms with Crippen LogP contribution in [-0.2, 0) is 6.54 Å². The normalized spacial score (nSPS) is 21.3. The lowest BCUT2D eigenvalue weighted by Crippen LogP contribution is -2.49. The highest BCUT2D eigenvalue weighted by atomic mass is 35.5. The molecule has 2 heterocycles. The fourth-order valence-electron chi connectivity index (χ4n) is 4.04. The maximum absolute atomic E-state index is 6.41. The molecule has 0 amide bonds. The molecule has 122 valence electrons. The van der Waals surface area contributed by atoms with Crippen molar-refractivity contribution in [2.75, 3.05) is 26.2 Å². The fourth-order valence-corrected chi connectivity index (χ4v) is 4.25. The smallest absolute Gasteiger partial charge is 0.134 e. The van der Waals surface area contributed by atoms with Crippen molar-refractivity contribution in [3.63, 3.8) is 0 Å². The van der Waals surface area contributed by atoms with E-state index in [9.17, 15) is 0 Å². The lowest BCUT2D eigenvalue weighted by Gasteiger charge is -2.38. The predicted octanol–water partition coefficient (Wildman–Crippen LogP) is 3.95. The van der Waals surface area contributed by atoms with Crippen LogP contribution in [0.15, 0.2) is 30.3 Å². The van der Waals surface area contributed by atoms with Crippen LogP contribution in [0.25, 0.3) is 10.9 Å². The van der Waals surface area contributed by atoms with Gasteiger partial charge in [-0.1, -0.05) is 42.6 Å². The molecule has 1 aromatic carbocycles. The summed E-state index contributed by atoms with van der Waals surface area (Å²) in [4.78, 5) is 9.76. The number of hydrogen-bond acceptors (Lipinski definition) is 3. The van der Waals surface area contributed by atoms with Crippen LogP contribution in [0, 0.1) is 0 Å². The van der Waals surface area contributed by atoms with Crippen LogP contribution in [-0.4, -0.2) is 47.0 Å². The number of aromatic nitrogens is 1. The summed E-state index contributed by atoms with van der Waals surface area (Å²) in [6.45, 7) is 5.58. The molecule has 4 heteroatoms. The van der Waals surface area contributed by atoms with Gasteiger partial charge in [-0.3, -0.25) is 9.80 Å². The predicted molar refractivity (Wildman–Crippen MR) is 95.9 cm³/mol. The zero-order valence-corrected chi connectivity index (χ0v) is 14.3. The van der Waals surface area contributed by atoms with Crippen molar-refractivity contribution in [3.05, 3.63) is 41.0 Å². The molecule has 0 bridgehead atoms. The van der Waals surface area contributed by atoms with Crippen LogP contribution < -0.4 is 0 Å². The summed E-state index contributed by atoms with van der Waals surface area (Å²) in [5, 5.41) is 1.83. The summed E-state index contributed by atoms with van der Waals surface area (Å²) in [6.07, 6.45) is 5.65. The van der Waals surface area contributed by atoms with Crippen LogP contribution in [0.5, 0.6) is 0 Å². The molecule has 0 N–H and O–H groups in total. The number of hydrogen-bond donors (Lipinski definition) is 0. The van der Waals surface area contributed by atoms with Gasteiger partial charge in [0.15, 0.2) is 0 Å². The quantitative estimate of drug-likeness (QED) is 0.795. The minimum Gasteiger partial charge on any atom is -0.298 e. The first-order chi connectivity index (χ1) is 11.3. The van der Waals surface area contributed by atoms with E-state index in [1.54, 1.807) is 0 Å². The number of rotatable bonds is 3. The van der Waals surface area contributed by atoms with Gasteiger partial charge in [0.2, 0.25) is 0 Å². The van der Waals surface area contributed by atoms with Gasteiger partial charge in [-0.05, 0) is 25.0 Å². The van der Waals surface area contributed by atoms with E-state index in [0.717, 1.165) is 36.8 Å². The molecule has 2 fully saturated rings. The second-order valence-corrected chi connectivity index (χ2v) is 7.24. The third-order valence-electron chi connectivity index (χ3n) is 5.39. The van der Waals surface area contributed by atoms with E-state index in [4.69, 9.17) is 11.6 Å². The first-order valence-corrected chi connectivity index (χ1v) is 9.18. The van der Waals surface area contributed by atoms with Crippen LogP contribution in [0.4, 0.5) is 0 Å². The molecule has 0 unspecified atom stereocenters. The van der Waals surface area contributed by atoms with Gasteiger partial charge in [-0.25, -0.2) is 4.98 Å². The average Bonchev–Trinajstić information content (AvgIpc) is 3.11. The fraction of sp³-hybridized carbons (Fsp3) is 0.526. The molecule has 0 spiro atoms. The van der Waals surface area contributed by atoms with Gasteiger partial charge in [0.1, 0.15) is 5.15 Å². The molecule has 2 aromatic rings. The molecule has 4 rings (SSSR count). The third kappa shape index (κ3) is 3.37. The van der Waals surface area contributed by atoms with E-state index in [0.29, 0.717) is 5.15 Å². The Hall–Kier alpha value is -1.16. The Labute approximate surface area is 143 Å². The zero-order valence-electron chi connectivity index (χ0n) is 13.5. The highest BCUT2D eigenvalue weighted by Crippen LogP contribution is 2.26. The van der Waals surface area contributed by atoms with Crippen molar-refractivity contribution in [2.45, 2.75) is 38.3 Å². The van der Waals surface area contributed by atoms with Gasteiger partial charge in [0.05, 0.1) is 5.52 Å². The Morgan fingerprint density at radius 1 is 1.04 bits per heavy atom. The second kappa shape index (κ2) is 6.76. The largest absolute Gasteiger partial charge is 0.298 e. The lowest BCUT2D eigenvalue weighted by atomic mass is 10.1. The van der Waals surface area contributed by atoms with Gasteiger partial charge in [-0.15, -0.1) is 0 Å². The topological polar surface area (TPSA) is 19.4 Å². The SMILES string of the molecule is Clc1nc2ccccc2cc1CN1CCN(C2CCCC2)CC1. The highest BCUT2D eigenvalue weighted by molar-refractivity contribution is 6.30. The monoisotopic (exact) mass is 329 g/mol. The minimum atomic E-state index is 0.655. The molecule has 0 radical (unpaired) electrons. The molecule has 0 atom stereocenters. The second-order valence-electron chi connectivity index (χ2n) is 6.88. The summed E-state index contributed by atoms with van der Waals surface area (Å²) in [5.74, 6) is 0. The molecule has 3 nitrogen and oxygen atoms in total. The Morgan fingerprint density at radius 2 is 1.78 bits per heavy atom. The molecule has 1 saturated carbocycles. The molecule has 1 aliphatic carbocycles. The number of pyridine rings is 1. The van der Waals surface area contributed by atoms with Crippen molar-refractivity contribution in [1.29, 1.82) is 0 Å². The van der Waals surface area contributed by atoms with E-state index in [1.165, 1.54) is 44.2 Å². The molecule has 1 aliphatic heterocycles. The maximum Gasteiger partial charge on any atom is 0.134 e. The van der Waals surface area contributed by atoms with Crippen molar-refractivity contribution >= 4 is 22.5 Å². The molecular weight excluding hydrogens is 306 g/mol. The summed E-state index contributed by atoms with van der Waals surface area (Å²) in [6, 6.07) is 11.2. The van der Waals surface area contributed by atoms with Gasteiger partial charge < -0.3 is 0 Å². The number of fused-ring (bicyclic) bond motifs is 1. The number of halogens is 1. The van der Waals surface area contributed by atoms with Crippen molar-refractivity contribution in [2.24, 2.45) is 0 Å². The van der Waals surface area contributed by atoms with Gasteiger partial charge >= 0.3 is 0 Å². The van der Waals surface area contributed by atoms with E-state index in [-0.39, 0.29) is 0 Å². The maximum atomic E-state index is 6.41. The van der Waals surface area contributed by atoms with E-state index in [1.807, 2.05) is 12.1 Å². The van der Waals surface area contributed by atoms with Crippen LogP contribution in [0.3, 0.4) is 0 Å². The number of para-hydroxylation sites is 1. The first kappa shape index (κ1) is 15.4. The average molecular weight is 330 g/mol. The van der Waals surface area contributed by atoms with Gasteiger partial charge in [-0.2, -0.15) is 0 Å².